The van der Waals surface area contributed by atoms with Gasteiger partial charge in [-0.1, -0.05) is 115 Å². The summed E-state index contributed by atoms with van der Waals surface area (Å²) in [5.41, 5.74) is 7.93. The molecule has 0 aliphatic heterocycles. The Bertz CT molecular complexity index is 2820. The van der Waals surface area contributed by atoms with Crippen molar-refractivity contribution in [2.75, 3.05) is 0 Å². The van der Waals surface area contributed by atoms with Gasteiger partial charge in [-0.15, -0.1) is 0 Å². The minimum absolute atomic E-state index is 0.254. The third kappa shape index (κ3) is 5.69. The Balaban J connectivity index is 1.32. The van der Waals surface area contributed by atoms with Gasteiger partial charge in [-0.05, 0) is 53.6 Å². The molecule has 9 aromatic rings. The van der Waals surface area contributed by atoms with Crippen molar-refractivity contribution >= 4 is 21.8 Å². The summed E-state index contributed by atoms with van der Waals surface area (Å²) in [6, 6.07) is 52.8. The summed E-state index contributed by atoms with van der Waals surface area (Å²) in [5.74, 6) is 0.159. The molecule has 0 amide bonds. The van der Waals surface area contributed by atoms with E-state index in [1.165, 1.54) is 12.1 Å². The minimum Gasteiger partial charge on any atom is -0.309 e. The lowest BCUT2D eigenvalue weighted by Gasteiger charge is -2.17. The number of para-hydroxylation sites is 1. The minimum atomic E-state index is -0.673. The molecule has 9 rings (SSSR count). The molecule has 2 heterocycles. The van der Waals surface area contributed by atoms with Crippen molar-refractivity contribution in [1.29, 1.82) is 5.26 Å². The van der Waals surface area contributed by atoms with Gasteiger partial charge < -0.3 is 4.57 Å². The normalized spacial score (nSPS) is 11.2. The van der Waals surface area contributed by atoms with Crippen LogP contribution in [0.5, 0.6) is 0 Å². The molecule has 0 aliphatic rings. The molecule has 0 fully saturated rings. The largest absolute Gasteiger partial charge is 0.309 e. The van der Waals surface area contributed by atoms with E-state index < -0.39 is 11.6 Å². The van der Waals surface area contributed by atoms with Crippen LogP contribution in [0.15, 0.2) is 164 Å². The average molecular weight is 688 g/mol. The molecule has 0 aliphatic carbocycles. The summed E-state index contributed by atoms with van der Waals surface area (Å²) < 4.78 is 32.0. The maximum absolute atomic E-state index is 15.7. The van der Waals surface area contributed by atoms with Gasteiger partial charge in [0.15, 0.2) is 17.5 Å². The van der Waals surface area contributed by atoms with Gasteiger partial charge in [0, 0.05) is 44.7 Å². The number of rotatable bonds is 6. The highest BCUT2D eigenvalue weighted by atomic mass is 19.1. The molecule has 0 N–H and O–H groups in total. The molecule has 0 saturated heterocycles. The molecule has 0 spiro atoms. The third-order valence-electron chi connectivity index (χ3n) is 9.45. The Morgan fingerprint density at radius 1 is 0.453 bits per heavy atom. The van der Waals surface area contributed by atoms with E-state index in [1.807, 2.05) is 133 Å². The van der Waals surface area contributed by atoms with Crippen molar-refractivity contribution in [3.05, 3.63) is 181 Å². The lowest BCUT2D eigenvalue weighted by atomic mass is 9.98. The predicted octanol–water partition coefficient (Wildman–Crippen LogP) is 11.5. The van der Waals surface area contributed by atoms with Crippen LogP contribution in [0, 0.1) is 23.0 Å². The number of nitriles is 1. The standard InChI is InChI=1S/C46H27F2N5/c47-34-21-23-36(40(48)27-34)38-22-19-32(46-51-44(29-11-3-1-4-12-29)50-45(52-46)30-13-5-2-6-14-30)26-43(38)53-41-18-10-9-17-37(41)39-25-31(20-24-42(39)53)35-16-8-7-15-33(35)28-49/h1-27H. The predicted molar refractivity (Wildman–Crippen MR) is 206 cm³/mol. The molecule has 250 valence electrons. The summed E-state index contributed by atoms with van der Waals surface area (Å²) in [4.78, 5) is 14.8. The fourth-order valence-electron chi connectivity index (χ4n) is 6.96. The van der Waals surface area contributed by atoms with Gasteiger partial charge in [0.25, 0.3) is 0 Å². The highest BCUT2D eigenvalue weighted by Crippen LogP contribution is 2.40. The number of hydrogen-bond donors (Lipinski definition) is 0. The molecule has 0 atom stereocenters. The zero-order valence-electron chi connectivity index (χ0n) is 28.1. The summed E-state index contributed by atoms with van der Waals surface area (Å²) in [6.45, 7) is 0. The van der Waals surface area contributed by atoms with Gasteiger partial charge >= 0.3 is 0 Å². The van der Waals surface area contributed by atoms with E-state index in [-0.39, 0.29) is 5.56 Å². The van der Waals surface area contributed by atoms with E-state index in [0.717, 1.165) is 50.1 Å². The molecule has 0 radical (unpaired) electrons. The van der Waals surface area contributed by atoms with Crippen LogP contribution in [0.2, 0.25) is 0 Å². The fraction of sp³-hybridized carbons (Fsp3) is 0. The van der Waals surface area contributed by atoms with Crippen molar-refractivity contribution in [3.8, 4) is 68.2 Å². The van der Waals surface area contributed by atoms with Gasteiger partial charge in [0.05, 0.1) is 28.4 Å². The monoisotopic (exact) mass is 687 g/mol. The van der Waals surface area contributed by atoms with Crippen LogP contribution in [-0.4, -0.2) is 19.5 Å². The van der Waals surface area contributed by atoms with Crippen LogP contribution in [0.4, 0.5) is 8.78 Å². The molecule has 2 aromatic heterocycles. The highest BCUT2D eigenvalue weighted by Gasteiger charge is 2.21. The Labute approximate surface area is 303 Å². The Kier molecular flexibility index (Phi) is 7.83. The zero-order valence-corrected chi connectivity index (χ0v) is 28.1. The van der Waals surface area contributed by atoms with Crippen LogP contribution in [0.25, 0.3) is 83.9 Å². The average Bonchev–Trinajstić information content (AvgIpc) is 3.55. The lowest BCUT2D eigenvalue weighted by molar-refractivity contribution is 0.585. The second kappa shape index (κ2) is 13.1. The topological polar surface area (TPSA) is 67.4 Å². The van der Waals surface area contributed by atoms with E-state index in [0.29, 0.717) is 39.9 Å². The van der Waals surface area contributed by atoms with Gasteiger partial charge in [-0.3, -0.25) is 0 Å². The SMILES string of the molecule is N#Cc1ccccc1-c1ccc2c(c1)c1ccccc1n2-c1cc(-c2nc(-c3ccccc3)nc(-c3ccccc3)n2)ccc1-c1ccc(F)cc1F. The quantitative estimate of drug-likeness (QED) is 0.174. The molecule has 53 heavy (non-hydrogen) atoms. The van der Waals surface area contributed by atoms with Gasteiger partial charge in [-0.2, -0.15) is 5.26 Å². The van der Waals surface area contributed by atoms with Crippen molar-refractivity contribution in [2.45, 2.75) is 0 Å². The van der Waals surface area contributed by atoms with E-state index in [2.05, 4.69) is 22.8 Å². The fourth-order valence-corrected chi connectivity index (χ4v) is 6.96. The molecular formula is C46H27F2N5. The van der Waals surface area contributed by atoms with Gasteiger partial charge in [0.2, 0.25) is 0 Å². The summed E-state index contributed by atoms with van der Waals surface area (Å²) in [7, 11) is 0. The second-order valence-corrected chi connectivity index (χ2v) is 12.6. The van der Waals surface area contributed by atoms with E-state index >= 15 is 4.39 Å². The van der Waals surface area contributed by atoms with E-state index in [9.17, 15) is 9.65 Å². The number of nitrogens with zero attached hydrogens (tertiary/aromatic N) is 5. The van der Waals surface area contributed by atoms with Crippen LogP contribution < -0.4 is 0 Å². The summed E-state index contributed by atoms with van der Waals surface area (Å²) >= 11 is 0. The van der Waals surface area contributed by atoms with Crippen molar-refractivity contribution < 1.29 is 8.78 Å². The maximum Gasteiger partial charge on any atom is 0.164 e. The third-order valence-corrected chi connectivity index (χ3v) is 9.45. The van der Waals surface area contributed by atoms with Crippen molar-refractivity contribution in [3.63, 3.8) is 0 Å². The van der Waals surface area contributed by atoms with Gasteiger partial charge in [0.1, 0.15) is 11.6 Å². The lowest BCUT2D eigenvalue weighted by Crippen LogP contribution is -2.03. The number of halogens is 2. The van der Waals surface area contributed by atoms with Crippen molar-refractivity contribution in [2.24, 2.45) is 0 Å². The van der Waals surface area contributed by atoms with E-state index in [4.69, 9.17) is 15.0 Å². The second-order valence-electron chi connectivity index (χ2n) is 12.6. The van der Waals surface area contributed by atoms with Crippen LogP contribution in [0.1, 0.15) is 5.56 Å². The van der Waals surface area contributed by atoms with Crippen LogP contribution >= 0.6 is 0 Å². The summed E-state index contributed by atoms with van der Waals surface area (Å²) in [5, 5.41) is 11.8. The van der Waals surface area contributed by atoms with Crippen LogP contribution in [-0.2, 0) is 0 Å². The molecule has 0 saturated carbocycles. The molecule has 0 bridgehead atoms. The van der Waals surface area contributed by atoms with Gasteiger partial charge in [-0.25, -0.2) is 23.7 Å². The first-order valence-electron chi connectivity index (χ1n) is 17.1. The van der Waals surface area contributed by atoms with E-state index in [1.54, 1.807) is 0 Å². The number of benzene rings is 7. The van der Waals surface area contributed by atoms with Crippen LogP contribution in [0.3, 0.4) is 0 Å². The maximum atomic E-state index is 15.7. The first kappa shape index (κ1) is 31.7. The highest BCUT2D eigenvalue weighted by molar-refractivity contribution is 6.11. The number of aromatic nitrogens is 4. The molecule has 7 aromatic carbocycles. The molecule has 5 nitrogen and oxygen atoms in total. The first-order valence-corrected chi connectivity index (χ1v) is 17.1. The molecular weight excluding hydrogens is 661 g/mol. The van der Waals surface area contributed by atoms with Crippen molar-refractivity contribution in [1.82, 2.24) is 19.5 Å². The summed E-state index contributed by atoms with van der Waals surface area (Å²) in [6.07, 6.45) is 0. The zero-order chi connectivity index (χ0) is 35.9. The Morgan fingerprint density at radius 3 is 1.74 bits per heavy atom. The Morgan fingerprint density at radius 2 is 1.04 bits per heavy atom. The smallest absolute Gasteiger partial charge is 0.164 e. The first-order chi connectivity index (χ1) is 26.1. The molecule has 7 heteroatoms. The Hall–Kier alpha value is -7.30. The molecule has 0 unspecified atom stereocenters. The number of fused-ring (bicyclic) bond motifs is 3. The number of hydrogen-bond acceptors (Lipinski definition) is 4.